The van der Waals surface area contributed by atoms with Crippen molar-refractivity contribution in [3.05, 3.63) is 41.5 Å². The molecule has 0 aliphatic carbocycles. The molecular weight excluding hydrogens is 348 g/mol. The molecule has 1 aliphatic rings. The lowest BCUT2D eigenvalue weighted by Gasteiger charge is -2.46. The maximum absolute atomic E-state index is 12.6. The number of hydrogen-bond acceptors (Lipinski definition) is 6. The summed E-state index contributed by atoms with van der Waals surface area (Å²) in [5.74, 6) is 2.05. The van der Waals surface area contributed by atoms with E-state index in [0.717, 1.165) is 16.9 Å². The van der Waals surface area contributed by atoms with E-state index in [1.165, 1.54) is 21.3 Å². The van der Waals surface area contributed by atoms with E-state index < -0.39 is 6.04 Å². The highest BCUT2D eigenvalue weighted by Gasteiger charge is 2.47. The smallest absolute Gasteiger partial charge is 0.247 e. The van der Waals surface area contributed by atoms with Gasteiger partial charge in [0.25, 0.3) is 0 Å². The average molecular weight is 372 g/mol. The summed E-state index contributed by atoms with van der Waals surface area (Å²) in [6, 6.07) is 8.38. The van der Waals surface area contributed by atoms with E-state index in [2.05, 4.69) is 0 Å². The Bertz CT molecular complexity index is 842. The van der Waals surface area contributed by atoms with Crippen LogP contribution >= 0.6 is 0 Å². The van der Waals surface area contributed by atoms with Crippen molar-refractivity contribution in [1.29, 1.82) is 0 Å². The number of amides is 1. The minimum Gasteiger partial charge on any atom is -0.496 e. The van der Waals surface area contributed by atoms with Gasteiger partial charge in [0.2, 0.25) is 11.7 Å². The molecule has 0 spiro atoms. The molecule has 1 aliphatic heterocycles. The Balaban J connectivity index is 2.05. The third kappa shape index (κ3) is 3.04. The molecule has 7 heteroatoms. The second-order valence-electron chi connectivity index (χ2n) is 6.29. The fourth-order valence-electron chi connectivity index (χ4n) is 3.45. The highest BCUT2D eigenvalue weighted by atomic mass is 16.5. The lowest BCUT2D eigenvalue weighted by atomic mass is 9.87. The molecule has 0 saturated carbocycles. The van der Waals surface area contributed by atoms with E-state index in [4.69, 9.17) is 24.7 Å². The van der Waals surface area contributed by atoms with Crippen molar-refractivity contribution in [2.45, 2.75) is 19.0 Å². The minimum atomic E-state index is -0.614. The van der Waals surface area contributed by atoms with Crippen LogP contribution in [0.2, 0.25) is 0 Å². The van der Waals surface area contributed by atoms with E-state index in [0.29, 0.717) is 22.9 Å². The Morgan fingerprint density at radius 1 is 0.889 bits per heavy atom. The van der Waals surface area contributed by atoms with Gasteiger partial charge in [-0.25, -0.2) is 0 Å². The Morgan fingerprint density at radius 2 is 1.48 bits per heavy atom. The number of carbonyl (C=O) groups is 1. The van der Waals surface area contributed by atoms with Crippen LogP contribution in [0.15, 0.2) is 30.3 Å². The van der Waals surface area contributed by atoms with Crippen LogP contribution in [0.1, 0.15) is 17.2 Å². The van der Waals surface area contributed by atoms with Gasteiger partial charge in [0.1, 0.15) is 11.8 Å². The SMILES string of the molecule is COc1ccc([C@@H]2[C@H](N)C(=O)N2c2cc(OC)c(OC)c(OC)c2)cc1C. The minimum absolute atomic E-state index is 0.164. The van der Waals surface area contributed by atoms with Crippen molar-refractivity contribution in [2.24, 2.45) is 5.73 Å². The van der Waals surface area contributed by atoms with Crippen molar-refractivity contribution >= 4 is 11.6 Å². The second kappa shape index (κ2) is 7.36. The first-order chi connectivity index (χ1) is 13.0. The summed E-state index contributed by atoms with van der Waals surface area (Å²) in [6.07, 6.45) is 0. The summed E-state index contributed by atoms with van der Waals surface area (Å²) in [7, 11) is 6.24. The van der Waals surface area contributed by atoms with Gasteiger partial charge in [0.15, 0.2) is 11.5 Å². The number of hydrogen-bond donors (Lipinski definition) is 1. The van der Waals surface area contributed by atoms with Gasteiger partial charge in [-0.2, -0.15) is 0 Å². The highest BCUT2D eigenvalue weighted by molar-refractivity contribution is 6.06. The van der Waals surface area contributed by atoms with Crippen molar-refractivity contribution < 1.29 is 23.7 Å². The molecule has 0 aromatic heterocycles. The van der Waals surface area contributed by atoms with Crippen molar-refractivity contribution in [1.82, 2.24) is 0 Å². The van der Waals surface area contributed by atoms with Gasteiger partial charge in [-0.05, 0) is 24.1 Å². The second-order valence-corrected chi connectivity index (χ2v) is 6.29. The van der Waals surface area contributed by atoms with Crippen LogP contribution in [-0.4, -0.2) is 40.4 Å². The number of carbonyl (C=O) groups excluding carboxylic acids is 1. The number of benzene rings is 2. The molecule has 1 amide bonds. The lowest BCUT2D eigenvalue weighted by molar-refractivity contribution is -0.126. The summed E-state index contributed by atoms with van der Waals surface area (Å²) in [6.45, 7) is 1.96. The Kier molecular flexibility index (Phi) is 5.14. The van der Waals surface area contributed by atoms with Crippen LogP contribution in [0.4, 0.5) is 5.69 Å². The summed E-state index contributed by atoms with van der Waals surface area (Å²) >= 11 is 0. The van der Waals surface area contributed by atoms with Crippen LogP contribution in [0, 0.1) is 6.92 Å². The molecule has 7 nitrogen and oxygen atoms in total. The quantitative estimate of drug-likeness (QED) is 0.784. The zero-order chi connectivity index (χ0) is 19.7. The van der Waals surface area contributed by atoms with Crippen LogP contribution in [0.3, 0.4) is 0 Å². The van der Waals surface area contributed by atoms with Crippen LogP contribution in [0.25, 0.3) is 0 Å². The molecule has 3 rings (SSSR count). The third-order valence-electron chi connectivity index (χ3n) is 4.83. The van der Waals surface area contributed by atoms with Gasteiger partial charge in [-0.1, -0.05) is 12.1 Å². The first-order valence-corrected chi connectivity index (χ1v) is 8.50. The molecule has 0 bridgehead atoms. The first kappa shape index (κ1) is 18.8. The fourth-order valence-corrected chi connectivity index (χ4v) is 3.45. The topological polar surface area (TPSA) is 83.3 Å². The molecule has 1 fully saturated rings. The number of methoxy groups -OCH3 is 4. The molecule has 2 aromatic carbocycles. The maximum atomic E-state index is 12.6. The summed E-state index contributed by atoms with van der Waals surface area (Å²) in [5, 5.41) is 0. The Morgan fingerprint density at radius 3 is 1.96 bits per heavy atom. The molecule has 2 atom stereocenters. The number of rotatable bonds is 6. The fraction of sp³-hybridized carbons (Fsp3) is 0.350. The van der Waals surface area contributed by atoms with Gasteiger partial charge >= 0.3 is 0 Å². The van der Waals surface area contributed by atoms with Crippen LogP contribution in [0.5, 0.6) is 23.0 Å². The van der Waals surface area contributed by atoms with Crippen LogP contribution in [-0.2, 0) is 4.79 Å². The normalized spacial score (nSPS) is 18.7. The molecule has 27 heavy (non-hydrogen) atoms. The van der Waals surface area contributed by atoms with Gasteiger partial charge < -0.3 is 29.6 Å². The molecule has 2 aromatic rings. The number of aryl methyl sites for hydroxylation is 1. The Hall–Kier alpha value is -2.93. The average Bonchev–Trinajstić information content (AvgIpc) is 2.69. The lowest BCUT2D eigenvalue weighted by Crippen LogP contribution is -2.63. The van der Waals surface area contributed by atoms with E-state index in [1.54, 1.807) is 24.1 Å². The van der Waals surface area contributed by atoms with Gasteiger partial charge in [0.05, 0.1) is 40.2 Å². The molecule has 0 unspecified atom stereocenters. The predicted molar refractivity (Wildman–Crippen MR) is 102 cm³/mol. The zero-order valence-corrected chi connectivity index (χ0v) is 16.1. The van der Waals surface area contributed by atoms with E-state index in [1.807, 2.05) is 25.1 Å². The van der Waals surface area contributed by atoms with Gasteiger partial charge in [-0.3, -0.25) is 4.79 Å². The summed E-state index contributed by atoms with van der Waals surface area (Å²) < 4.78 is 21.5. The third-order valence-corrected chi connectivity index (χ3v) is 4.83. The molecule has 0 radical (unpaired) electrons. The summed E-state index contributed by atoms with van der Waals surface area (Å²) in [5.41, 5.74) is 8.69. The maximum Gasteiger partial charge on any atom is 0.247 e. The molecular formula is C20H24N2O5. The van der Waals surface area contributed by atoms with Crippen molar-refractivity contribution in [3.63, 3.8) is 0 Å². The van der Waals surface area contributed by atoms with Crippen molar-refractivity contribution in [3.8, 4) is 23.0 Å². The van der Waals surface area contributed by atoms with Crippen molar-refractivity contribution in [2.75, 3.05) is 33.3 Å². The first-order valence-electron chi connectivity index (χ1n) is 8.50. The number of anilines is 1. The molecule has 1 heterocycles. The largest absolute Gasteiger partial charge is 0.496 e. The van der Waals surface area contributed by atoms with E-state index in [9.17, 15) is 4.79 Å². The number of ether oxygens (including phenoxy) is 4. The molecule has 1 saturated heterocycles. The molecule has 144 valence electrons. The van der Waals surface area contributed by atoms with Gasteiger partial charge in [0, 0.05) is 12.1 Å². The van der Waals surface area contributed by atoms with E-state index in [-0.39, 0.29) is 11.9 Å². The van der Waals surface area contributed by atoms with Crippen LogP contribution < -0.4 is 29.6 Å². The summed E-state index contributed by atoms with van der Waals surface area (Å²) in [4.78, 5) is 14.2. The van der Waals surface area contributed by atoms with Gasteiger partial charge in [-0.15, -0.1) is 0 Å². The molecule has 2 N–H and O–H groups in total. The van der Waals surface area contributed by atoms with E-state index >= 15 is 0 Å². The zero-order valence-electron chi connectivity index (χ0n) is 16.1. The highest BCUT2D eigenvalue weighted by Crippen LogP contribution is 2.46. The number of β-lactam (4-membered cyclic amide) rings is 1. The monoisotopic (exact) mass is 372 g/mol. The Labute approximate surface area is 158 Å². The predicted octanol–water partition coefficient (Wildman–Crippen LogP) is 2.44. The number of nitrogens with two attached hydrogens (primary N) is 1. The standard InChI is InChI=1S/C20H24N2O5/c1-11-8-12(6-7-14(11)24-2)18-17(21)20(23)22(18)13-9-15(25-3)19(27-5)16(10-13)26-4/h6-10,17-18H,21H2,1-5H3/t17-,18+/m0/s1. The number of nitrogens with zero attached hydrogens (tertiary/aromatic N) is 1.